The first-order chi connectivity index (χ1) is 11.1. The molecule has 0 aliphatic heterocycles. The molecule has 2 aromatic rings. The van der Waals surface area contributed by atoms with E-state index in [9.17, 15) is 4.79 Å². The second kappa shape index (κ2) is 8.06. The molecular weight excluding hydrogens is 286 g/mol. The molecule has 1 heterocycles. The fourth-order valence-corrected chi connectivity index (χ4v) is 2.64. The molecule has 1 aromatic carbocycles. The lowest BCUT2D eigenvalue weighted by molar-refractivity contribution is 0.0950. The molecule has 0 radical (unpaired) electrons. The number of hydrogen-bond donors (Lipinski definition) is 1. The van der Waals surface area contributed by atoms with Gasteiger partial charge in [-0.3, -0.25) is 9.78 Å². The Morgan fingerprint density at radius 3 is 2.57 bits per heavy atom. The number of para-hydroxylation sites is 1. The molecule has 124 valence electrons. The zero-order valence-corrected chi connectivity index (χ0v) is 14.6. The van der Waals surface area contributed by atoms with Crippen molar-refractivity contribution in [2.75, 3.05) is 26.2 Å². The Balaban J connectivity index is 2.22. The number of hydrogen-bond acceptors (Lipinski definition) is 3. The van der Waals surface area contributed by atoms with Crippen LogP contribution in [0.25, 0.3) is 10.9 Å². The van der Waals surface area contributed by atoms with E-state index in [-0.39, 0.29) is 5.91 Å². The van der Waals surface area contributed by atoms with Crippen molar-refractivity contribution in [3.05, 3.63) is 41.6 Å². The normalized spacial score (nSPS) is 11.4. The van der Waals surface area contributed by atoms with Crippen molar-refractivity contribution in [3.63, 3.8) is 0 Å². The third-order valence-corrected chi connectivity index (χ3v) is 4.18. The first kappa shape index (κ1) is 17.4. The number of carbonyl (C=O) groups excluding carboxylic acids is 1. The van der Waals surface area contributed by atoms with E-state index in [0.717, 1.165) is 41.8 Å². The van der Waals surface area contributed by atoms with Crippen LogP contribution in [0.3, 0.4) is 0 Å². The number of amides is 1. The fraction of sp³-hybridized carbons (Fsp3) is 0.474. The Morgan fingerprint density at radius 2 is 1.91 bits per heavy atom. The predicted octanol–water partition coefficient (Wildman–Crippen LogP) is 3.43. The molecule has 0 saturated heterocycles. The van der Waals surface area contributed by atoms with E-state index in [4.69, 9.17) is 0 Å². The molecule has 4 heteroatoms. The largest absolute Gasteiger partial charge is 0.351 e. The lowest BCUT2D eigenvalue weighted by Gasteiger charge is -2.18. The van der Waals surface area contributed by atoms with Gasteiger partial charge in [-0.1, -0.05) is 45.9 Å². The van der Waals surface area contributed by atoms with Crippen molar-refractivity contribution in [1.82, 2.24) is 15.2 Å². The maximum Gasteiger partial charge on any atom is 0.252 e. The topological polar surface area (TPSA) is 45.2 Å². The molecular formula is C19H27N3O. The number of carbonyl (C=O) groups is 1. The molecule has 0 bridgehead atoms. The van der Waals surface area contributed by atoms with Crippen LogP contribution in [-0.2, 0) is 0 Å². The van der Waals surface area contributed by atoms with Gasteiger partial charge in [0.15, 0.2) is 0 Å². The standard InChI is InChI=1S/C19H27N3O/c1-5-22(6-2)12-11-20-19(23)16-13-18(14(3)4)21-17-10-8-7-9-15(16)17/h7-10,13-14H,5-6,11-12H2,1-4H3,(H,20,23). The van der Waals surface area contributed by atoms with Crippen molar-refractivity contribution >= 4 is 16.8 Å². The average molecular weight is 313 g/mol. The van der Waals surface area contributed by atoms with E-state index in [1.807, 2.05) is 30.3 Å². The first-order valence-corrected chi connectivity index (χ1v) is 8.47. The van der Waals surface area contributed by atoms with Crippen molar-refractivity contribution in [2.24, 2.45) is 0 Å². The number of benzene rings is 1. The number of rotatable bonds is 7. The van der Waals surface area contributed by atoms with Crippen molar-refractivity contribution in [2.45, 2.75) is 33.6 Å². The summed E-state index contributed by atoms with van der Waals surface area (Å²) in [5.74, 6) is 0.277. The number of likely N-dealkylation sites (N-methyl/N-ethyl adjacent to an activating group) is 1. The molecule has 0 atom stereocenters. The fourth-order valence-electron chi connectivity index (χ4n) is 2.64. The van der Waals surface area contributed by atoms with Gasteiger partial charge < -0.3 is 10.2 Å². The van der Waals surface area contributed by atoms with Gasteiger partial charge in [-0.05, 0) is 31.1 Å². The Morgan fingerprint density at radius 1 is 1.22 bits per heavy atom. The van der Waals surface area contributed by atoms with Crippen LogP contribution in [0.5, 0.6) is 0 Å². The van der Waals surface area contributed by atoms with Gasteiger partial charge in [0, 0.05) is 24.2 Å². The van der Waals surface area contributed by atoms with E-state index in [1.165, 1.54) is 0 Å². The van der Waals surface area contributed by atoms with Crippen molar-refractivity contribution in [1.29, 1.82) is 0 Å². The van der Waals surface area contributed by atoms with Crippen LogP contribution in [0.15, 0.2) is 30.3 Å². The maximum atomic E-state index is 12.6. The molecule has 1 aromatic heterocycles. The number of pyridine rings is 1. The van der Waals surface area contributed by atoms with Crippen LogP contribution in [-0.4, -0.2) is 42.0 Å². The van der Waals surface area contributed by atoms with Crippen molar-refractivity contribution in [3.8, 4) is 0 Å². The summed E-state index contributed by atoms with van der Waals surface area (Å²) in [6.07, 6.45) is 0. The van der Waals surface area contributed by atoms with Crippen LogP contribution >= 0.6 is 0 Å². The number of fused-ring (bicyclic) bond motifs is 1. The summed E-state index contributed by atoms with van der Waals surface area (Å²) >= 11 is 0. The molecule has 0 aliphatic carbocycles. The minimum absolute atomic E-state index is 0.0161. The van der Waals surface area contributed by atoms with Crippen LogP contribution in [0, 0.1) is 0 Å². The van der Waals surface area contributed by atoms with E-state index in [0.29, 0.717) is 12.5 Å². The summed E-state index contributed by atoms with van der Waals surface area (Å²) in [7, 11) is 0. The summed E-state index contributed by atoms with van der Waals surface area (Å²) in [4.78, 5) is 19.6. The molecule has 0 spiro atoms. The Labute approximate surface area is 138 Å². The van der Waals surface area contributed by atoms with Crippen molar-refractivity contribution < 1.29 is 4.79 Å². The monoisotopic (exact) mass is 313 g/mol. The second-order valence-corrected chi connectivity index (χ2v) is 6.05. The summed E-state index contributed by atoms with van der Waals surface area (Å²) in [6, 6.07) is 9.77. The molecule has 0 saturated carbocycles. The Kier molecular flexibility index (Phi) is 6.11. The third-order valence-electron chi connectivity index (χ3n) is 4.18. The van der Waals surface area contributed by atoms with Gasteiger partial charge in [-0.25, -0.2) is 0 Å². The lowest BCUT2D eigenvalue weighted by Crippen LogP contribution is -2.34. The van der Waals surface area contributed by atoms with Crippen LogP contribution in [0.2, 0.25) is 0 Å². The van der Waals surface area contributed by atoms with Gasteiger partial charge >= 0.3 is 0 Å². The minimum Gasteiger partial charge on any atom is -0.351 e. The molecule has 1 amide bonds. The lowest BCUT2D eigenvalue weighted by atomic mass is 10.0. The summed E-state index contributed by atoms with van der Waals surface area (Å²) in [6.45, 7) is 12.0. The SMILES string of the molecule is CCN(CC)CCNC(=O)c1cc(C(C)C)nc2ccccc12. The first-order valence-electron chi connectivity index (χ1n) is 8.47. The quantitative estimate of drug-likeness (QED) is 0.852. The Hall–Kier alpha value is -1.94. The number of aromatic nitrogens is 1. The van der Waals surface area contributed by atoms with Gasteiger partial charge in [-0.15, -0.1) is 0 Å². The van der Waals surface area contributed by atoms with Gasteiger partial charge in [0.05, 0.1) is 11.1 Å². The highest BCUT2D eigenvalue weighted by molar-refractivity contribution is 6.06. The minimum atomic E-state index is -0.0161. The predicted molar refractivity (Wildman–Crippen MR) is 96.0 cm³/mol. The second-order valence-electron chi connectivity index (χ2n) is 6.05. The maximum absolute atomic E-state index is 12.6. The van der Waals surface area contributed by atoms with Gasteiger partial charge in [-0.2, -0.15) is 0 Å². The number of nitrogens with one attached hydrogen (secondary N) is 1. The third kappa shape index (κ3) is 4.29. The summed E-state index contributed by atoms with van der Waals surface area (Å²) in [5, 5.41) is 3.96. The van der Waals surface area contributed by atoms with Gasteiger partial charge in [0.1, 0.15) is 0 Å². The molecule has 23 heavy (non-hydrogen) atoms. The van der Waals surface area contributed by atoms with Gasteiger partial charge in [0.25, 0.3) is 5.91 Å². The highest BCUT2D eigenvalue weighted by Gasteiger charge is 2.14. The zero-order chi connectivity index (χ0) is 16.8. The molecule has 4 nitrogen and oxygen atoms in total. The van der Waals surface area contributed by atoms with E-state index < -0.39 is 0 Å². The highest BCUT2D eigenvalue weighted by Crippen LogP contribution is 2.22. The molecule has 0 fully saturated rings. The molecule has 0 unspecified atom stereocenters. The molecule has 1 N–H and O–H groups in total. The smallest absolute Gasteiger partial charge is 0.252 e. The number of nitrogens with zero attached hydrogens (tertiary/aromatic N) is 2. The average Bonchev–Trinajstić information content (AvgIpc) is 2.57. The Bertz CT molecular complexity index is 663. The van der Waals surface area contributed by atoms with Crippen LogP contribution in [0.1, 0.15) is 49.7 Å². The molecule has 0 aliphatic rings. The van der Waals surface area contributed by atoms with Crippen LogP contribution in [0.4, 0.5) is 0 Å². The summed E-state index contributed by atoms with van der Waals surface area (Å²) in [5.41, 5.74) is 2.56. The summed E-state index contributed by atoms with van der Waals surface area (Å²) < 4.78 is 0. The van der Waals surface area contributed by atoms with E-state index >= 15 is 0 Å². The highest BCUT2D eigenvalue weighted by atomic mass is 16.1. The van der Waals surface area contributed by atoms with E-state index in [2.05, 4.69) is 42.9 Å². The van der Waals surface area contributed by atoms with Crippen LogP contribution < -0.4 is 5.32 Å². The van der Waals surface area contributed by atoms with E-state index in [1.54, 1.807) is 0 Å². The molecule has 2 rings (SSSR count). The van der Waals surface area contributed by atoms with Gasteiger partial charge in [0.2, 0.25) is 0 Å². The zero-order valence-electron chi connectivity index (χ0n) is 14.6.